The summed E-state index contributed by atoms with van der Waals surface area (Å²) in [6, 6.07) is 20.1. The molecule has 0 saturated carbocycles. The van der Waals surface area contributed by atoms with Gasteiger partial charge in [-0.3, -0.25) is 0 Å². The maximum atomic E-state index is 10.1. The number of imidazole rings is 1. The van der Waals surface area contributed by atoms with Crippen LogP contribution in [0.3, 0.4) is 0 Å². The summed E-state index contributed by atoms with van der Waals surface area (Å²) in [4.78, 5) is 13.2. The average molecular weight is 319 g/mol. The van der Waals surface area contributed by atoms with Gasteiger partial charge in [-0.15, -0.1) is 0 Å². The van der Waals surface area contributed by atoms with Gasteiger partial charge in [0, 0.05) is 0 Å². The molecule has 0 radical (unpaired) electrons. The third-order valence-electron chi connectivity index (χ3n) is 3.37. The van der Waals surface area contributed by atoms with Gasteiger partial charge in [0.25, 0.3) is 5.82 Å². The lowest BCUT2D eigenvalue weighted by Crippen LogP contribution is -2.37. The number of carboxylic acids is 1. The van der Waals surface area contributed by atoms with Gasteiger partial charge >= 0.3 is 0 Å². The van der Waals surface area contributed by atoms with Gasteiger partial charge in [-0.05, 0) is 24.6 Å². The molecule has 120 valence electrons. The van der Waals surface area contributed by atoms with E-state index in [9.17, 15) is 9.90 Å². The maximum Gasteiger partial charge on any atom is 0.287 e. The van der Waals surface area contributed by atoms with Crippen molar-refractivity contribution in [3.05, 3.63) is 78.6 Å². The Labute approximate surface area is 140 Å². The third-order valence-corrected chi connectivity index (χ3v) is 3.37. The summed E-state index contributed by atoms with van der Waals surface area (Å²) in [7, 11) is 0. The highest BCUT2D eigenvalue weighted by Crippen LogP contribution is 2.13. The number of nitrogens with zero attached hydrogens (tertiary/aromatic N) is 2. The first-order valence-electron chi connectivity index (χ1n) is 7.43. The Balaban J connectivity index is 0.000000198. The number of carbonyl (C=O) groups is 1. The van der Waals surface area contributed by atoms with Crippen LogP contribution in [0.4, 0.5) is 0 Å². The highest BCUT2D eigenvalue weighted by molar-refractivity contribution is 5.85. The van der Waals surface area contributed by atoms with Crippen LogP contribution < -0.4 is 9.67 Å². The minimum absolute atomic E-state index is 0.161. The number of nitrogens with one attached hydrogen (secondary N) is 1. The quantitative estimate of drug-likeness (QED) is 0.750. The fourth-order valence-electron chi connectivity index (χ4n) is 2.13. The van der Waals surface area contributed by atoms with Crippen molar-refractivity contribution in [3.8, 4) is 17.5 Å². The number of hydrogen-bond acceptors (Lipinski definition) is 3. The Bertz CT molecular complexity index is 821. The topological polar surface area (TPSA) is 83.6 Å². The van der Waals surface area contributed by atoms with Crippen LogP contribution in [-0.2, 0) is 0 Å². The number of aromatic carboxylic acids is 1. The summed E-state index contributed by atoms with van der Waals surface area (Å²) in [6.07, 6.45) is 3.73. The zero-order valence-electron chi connectivity index (χ0n) is 13.2. The first-order valence-corrected chi connectivity index (χ1v) is 7.43. The van der Waals surface area contributed by atoms with Crippen molar-refractivity contribution < 1.29 is 14.5 Å². The largest absolute Gasteiger partial charge is 0.545 e. The first kappa shape index (κ1) is 17.0. The minimum atomic E-state index is -1.13. The first-order chi connectivity index (χ1) is 11.6. The molecule has 0 aliphatic rings. The van der Waals surface area contributed by atoms with Gasteiger partial charge < -0.3 is 9.90 Å². The Morgan fingerprint density at radius 2 is 1.71 bits per heavy atom. The molecule has 0 amide bonds. The number of rotatable bonds is 3. The second kappa shape index (κ2) is 8.30. The maximum absolute atomic E-state index is 10.1. The standard InChI is InChI=1S/C12H11N3.C7H6O2/c1-10(9-13)15-8-7-14-12(15)11-5-3-2-4-6-11;8-7(9)6-4-2-1-3-5-6/h2-8,10H,1H3;1-5H,(H,8,9). The molecule has 0 aliphatic carbocycles. The van der Waals surface area contributed by atoms with Crippen LogP contribution >= 0.6 is 0 Å². The molecule has 24 heavy (non-hydrogen) atoms. The predicted molar refractivity (Wildman–Crippen MR) is 87.5 cm³/mol. The molecule has 5 heteroatoms. The fourth-order valence-corrected chi connectivity index (χ4v) is 2.13. The monoisotopic (exact) mass is 319 g/mol. The van der Waals surface area contributed by atoms with Gasteiger partial charge in [-0.1, -0.05) is 48.5 Å². The van der Waals surface area contributed by atoms with Crippen molar-refractivity contribution in [1.29, 1.82) is 5.26 Å². The lowest BCUT2D eigenvalue weighted by Gasteiger charge is -2.01. The van der Waals surface area contributed by atoms with Crippen molar-refractivity contribution in [1.82, 2.24) is 4.98 Å². The number of nitriles is 1. The van der Waals surface area contributed by atoms with Crippen LogP contribution in [0.2, 0.25) is 0 Å². The number of carbonyl (C=O) groups excluding carboxylic acids is 1. The average Bonchev–Trinajstić information content (AvgIpc) is 3.13. The van der Waals surface area contributed by atoms with Crippen LogP contribution in [0.5, 0.6) is 0 Å². The van der Waals surface area contributed by atoms with Crippen molar-refractivity contribution >= 4 is 5.97 Å². The van der Waals surface area contributed by atoms with Crippen LogP contribution in [0.15, 0.2) is 73.1 Å². The van der Waals surface area contributed by atoms with E-state index >= 15 is 0 Å². The highest BCUT2D eigenvalue weighted by Gasteiger charge is 2.17. The number of benzene rings is 2. The highest BCUT2D eigenvalue weighted by atomic mass is 16.4. The Morgan fingerprint density at radius 3 is 2.21 bits per heavy atom. The molecule has 1 atom stereocenters. The molecule has 5 nitrogen and oxygen atoms in total. The second-order valence-corrected chi connectivity index (χ2v) is 5.04. The molecule has 3 rings (SSSR count). The van der Waals surface area contributed by atoms with Gasteiger partial charge in [0.05, 0.1) is 11.5 Å². The van der Waals surface area contributed by atoms with E-state index in [0.717, 1.165) is 11.4 Å². The molecule has 3 aromatic rings. The van der Waals surface area contributed by atoms with Gasteiger partial charge in [0.2, 0.25) is 0 Å². The minimum Gasteiger partial charge on any atom is -0.545 e. The molecular formula is C19H17N3O2. The number of H-pyrrole nitrogens is 1. The third kappa shape index (κ3) is 4.31. The van der Waals surface area contributed by atoms with Crippen LogP contribution in [0.25, 0.3) is 11.4 Å². The zero-order valence-corrected chi connectivity index (χ0v) is 13.2. The van der Waals surface area contributed by atoms with E-state index in [1.165, 1.54) is 12.1 Å². The van der Waals surface area contributed by atoms with Gasteiger partial charge in [-0.2, -0.15) is 5.26 Å². The summed E-state index contributed by atoms with van der Waals surface area (Å²) in [5.74, 6) is -0.166. The van der Waals surface area contributed by atoms with Crippen LogP contribution in [0, 0.1) is 11.3 Å². The van der Waals surface area contributed by atoms with Crippen molar-refractivity contribution in [3.63, 3.8) is 0 Å². The Morgan fingerprint density at radius 1 is 1.12 bits per heavy atom. The lowest BCUT2D eigenvalue weighted by atomic mass is 10.2. The zero-order chi connectivity index (χ0) is 17.4. The van der Waals surface area contributed by atoms with Crippen LogP contribution in [-0.4, -0.2) is 11.0 Å². The molecular weight excluding hydrogens is 302 g/mol. The molecule has 1 heterocycles. The fraction of sp³-hybridized carbons (Fsp3) is 0.105. The van der Waals surface area contributed by atoms with E-state index in [4.69, 9.17) is 5.26 Å². The molecule has 0 saturated heterocycles. The number of aromatic amines is 1. The summed E-state index contributed by atoms with van der Waals surface area (Å²) < 4.78 is 1.93. The molecule has 2 aromatic carbocycles. The SMILES string of the molecule is CC(C#N)[n+]1cc[nH]c1-c1ccccc1.O=C([O-])c1ccccc1. The van der Waals surface area contributed by atoms with Crippen molar-refractivity contribution in [2.45, 2.75) is 13.0 Å². The van der Waals surface area contributed by atoms with E-state index in [1.54, 1.807) is 18.2 Å². The molecule has 1 N–H and O–H groups in total. The number of carboxylic acid groups (broad SMARTS) is 1. The lowest BCUT2D eigenvalue weighted by molar-refractivity contribution is -0.694. The van der Waals surface area contributed by atoms with E-state index in [0.29, 0.717) is 0 Å². The Hall–Kier alpha value is -3.39. The van der Waals surface area contributed by atoms with Crippen LogP contribution in [0.1, 0.15) is 23.3 Å². The van der Waals surface area contributed by atoms with E-state index in [1.807, 2.05) is 54.2 Å². The summed E-state index contributed by atoms with van der Waals surface area (Å²) >= 11 is 0. The smallest absolute Gasteiger partial charge is 0.287 e. The van der Waals surface area contributed by atoms with Gasteiger partial charge in [0.15, 0.2) is 6.04 Å². The number of hydrogen-bond donors (Lipinski definition) is 1. The molecule has 0 bridgehead atoms. The molecule has 0 spiro atoms. The van der Waals surface area contributed by atoms with Crippen molar-refractivity contribution in [2.24, 2.45) is 0 Å². The second-order valence-electron chi connectivity index (χ2n) is 5.04. The Kier molecular flexibility index (Phi) is 5.87. The summed E-state index contributed by atoms with van der Waals surface area (Å²) in [6.45, 7) is 1.88. The number of aromatic nitrogens is 2. The summed E-state index contributed by atoms with van der Waals surface area (Å²) in [5.41, 5.74) is 1.31. The van der Waals surface area contributed by atoms with Gasteiger partial charge in [0.1, 0.15) is 18.5 Å². The molecule has 0 fully saturated rings. The molecule has 1 unspecified atom stereocenters. The normalized spacial score (nSPS) is 10.8. The van der Waals surface area contributed by atoms with Gasteiger partial charge in [-0.25, -0.2) is 9.55 Å². The van der Waals surface area contributed by atoms with Crippen molar-refractivity contribution in [2.75, 3.05) is 0 Å². The summed E-state index contributed by atoms with van der Waals surface area (Å²) in [5, 5.41) is 19.0. The predicted octanol–water partition coefficient (Wildman–Crippen LogP) is 2.10. The molecule has 0 aliphatic heterocycles. The van der Waals surface area contributed by atoms with E-state index < -0.39 is 5.97 Å². The van der Waals surface area contributed by atoms with E-state index in [2.05, 4.69) is 11.1 Å². The van der Waals surface area contributed by atoms with E-state index in [-0.39, 0.29) is 11.6 Å². The molecule has 1 aromatic heterocycles.